The van der Waals surface area contributed by atoms with Crippen LogP contribution in [0.1, 0.15) is 25.7 Å². The lowest BCUT2D eigenvalue weighted by atomic mass is 9.98. The second-order valence-corrected chi connectivity index (χ2v) is 6.44. The van der Waals surface area contributed by atoms with Crippen molar-refractivity contribution in [1.29, 1.82) is 0 Å². The van der Waals surface area contributed by atoms with E-state index in [9.17, 15) is 4.79 Å². The average Bonchev–Trinajstić information content (AvgIpc) is 2.79. The van der Waals surface area contributed by atoms with Gasteiger partial charge in [-0.3, -0.25) is 4.79 Å². The first-order valence-corrected chi connectivity index (χ1v) is 7.90. The molecule has 0 aliphatic carbocycles. The Bertz CT molecular complexity index is 243. The van der Waals surface area contributed by atoms with Crippen LogP contribution in [0.25, 0.3) is 0 Å². The SMILES string of the molecule is O=C(CC1CCSCC1)N1CCC(CCl)C1. The van der Waals surface area contributed by atoms with Gasteiger partial charge in [0.25, 0.3) is 0 Å². The molecule has 2 nitrogen and oxygen atoms in total. The predicted octanol–water partition coefficient (Wildman–Crippen LogP) is 2.61. The van der Waals surface area contributed by atoms with Crippen molar-refractivity contribution >= 4 is 29.3 Å². The minimum atomic E-state index is 0.365. The highest BCUT2D eigenvalue weighted by Gasteiger charge is 2.27. The number of amides is 1. The van der Waals surface area contributed by atoms with Gasteiger partial charge in [-0.25, -0.2) is 0 Å². The molecule has 0 aromatic heterocycles. The molecule has 4 heteroatoms. The van der Waals surface area contributed by atoms with Gasteiger partial charge in [0.05, 0.1) is 0 Å². The minimum Gasteiger partial charge on any atom is -0.342 e. The molecular formula is C12H20ClNOS. The zero-order chi connectivity index (χ0) is 11.4. The maximum absolute atomic E-state index is 12.1. The Morgan fingerprint density at radius 2 is 2.00 bits per heavy atom. The Morgan fingerprint density at radius 1 is 1.25 bits per heavy atom. The third kappa shape index (κ3) is 3.30. The fraction of sp³-hybridized carbons (Fsp3) is 0.917. The summed E-state index contributed by atoms with van der Waals surface area (Å²) in [7, 11) is 0. The molecule has 2 saturated heterocycles. The van der Waals surface area contributed by atoms with Crippen LogP contribution in [-0.2, 0) is 4.79 Å². The molecule has 1 unspecified atom stereocenters. The highest BCUT2D eigenvalue weighted by Crippen LogP contribution is 2.27. The van der Waals surface area contributed by atoms with Crippen LogP contribution in [-0.4, -0.2) is 41.3 Å². The Morgan fingerprint density at radius 3 is 2.62 bits per heavy atom. The van der Waals surface area contributed by atoms with Crippen LogP contribution < -0.4 is 0 Å². The van der Waals surface area contributed by atoms with Gasteiger partial charge in [-0.2, -0.15) is 11.8 Å². The van der Waals surface area contributed by atoms with Crippen molar-refractivity contribution in [3.8, 4) is 0 Å². The van der Waals surface area contributed by atoms with Crippen molar-refractivity contribution in [3.05, 3.63) is 0 Å². The molecule has 1 atom stereocenters. The van der Waals surface area contributed by atoms with Crippen LogP contribution >= 0.6 is 23.4 Å². The molecule has 0 aromatic rings. The summed E-state index contributed by atoms with van der Waals surface area (Å²) in [5.74, 6) is 4.72. The molecular weight excluding hydrogens is 242 g/mol. The average molecular weight is 262 g/mol. The van der Waals surface area contributed by atoms with Gasteiger partial charge in [-0.1, -0.05) is 0 Å². The molecule has 0 N–H and O–H groups in total. The number of rotatable bonds is 3. The van der Waals surface area contributed by atoms with E-state index in [2.05, 4.69) is 0 Å². The zero-order valence-corrected chi connectivity index (χ0v) is 11.2. The van der Waals surface area contributed by atoms with Crippen molar-refractivity contribution in [3.63, 3.8) is 0 Å². The van der Waals surface area contributed by atoms with Gasteiger partial charge in [0.1, 0.15) is 0 Å². The molecule has 92 valence electrons. The number of hydrogen-bond donors (Lipinski definition) is 0. The van der Waals surface area contributed by atoms with Gasteiger partial charge in [-0.05, 0) is 42.6 Å². The molecule has 0 saturated carbocycles. The zero-order valence-electron chi connectivity index (χ0n) is 9.66. The first-order valence-electron chi connectivity index (χ1n) is 6.21. The van der Waals surface area contributed by atoms with Crippen molar-refractivity contribution in [2.24, 2.45) is 11.8 Å². The van der Waals surface area contributed by atoms with E-state index in [1.165, 1.54) is 24.3 Å². The lowest BCUT2D eigenvalue weighted by molar-refractivity contribution is -0.131. The van der Waals surface area contributed by atoms with Crippen LogP contribution in [0, 0.1) is 11.8 Å². The van der Waals surface area contributed by atoms with E-state index >= 15 is 0 Å². The second-order valence-electron chi connectivity index (χ2n) is 4.91. The van der Waals surface area contributed by atoms with Gasteiger partial charge in [0, 0.05) is 25.4 Å². The maximum atomic E-state index is 12.1. The van der Waals surface area contributed by atoms with Crippen LogP contribution in [0.5, 0.6) is 0 Å². The summed E-state index contributed by atoms with van der Waals surface area (Å²) in [6, 6.07) is 0. The van der Waals surface area contributed by atoms with Crippen molar-refractivity contribution in [2.45, 2.75) is 25.7 Å². The molecule has 2 aliphatic heterocycles. The number of nitrogens with zero attached hydrogens (tertiary/aromatic N) is 1. The van der Waals surface area contributed by atoms with E-state index in [4.69, 9.17) is 11.6 Å². The number of likely N-dealkylation sites (tertiary alicyclic amines) is 1. The summed E-state index contributed by atoms with van der Waals surface area (Å²) in [5.41, 5.74) is 0. The number of carbonyl (C=O) groups is 1. The standard InChI is InChI=1S/C12H20ClNOS/c13-8-11-1-4-14(9-11)12(15)7-10-2-5-16-6-3-10/h10-11H,1-9H2. The number of hydrogen-bond acceptors (Lipinski definition) is 2. The van der Waals surface area contributed by atoms with Crippen molar-refractivity contribution in [1.82, 2.24) is 4.90 Å². The number of thioether (sulfide) groups is 1. The smallest absolute Gasteiger partial charge is 0.222 e. The molecule has 0 radical (unpaired) electrons. The molecule has 0 aromatic carbocycles. The van der Waals surface area contributed by atoms with Crippen LogP contribution in [0.2, 0.25) is 0 Å². The number of halogens is 1. The van der Waals surface area contributed by atoms with E-state index in [0.29, 0.717) is 23.6 Å². The van der Waals surface area contributed by atoms with Crippen molar-refractivity contribution in [2.75, 3.05) is 30.5 Å². The largest absolute Gasteiger partial charge is 0.342 e. The van der Waals surface area contributed by atoms with E-state index in [1.54, 1.807) is 0 Å². The fourth-order valence-electron chi connectivity index (χ4n) is 2.51. The maximum Gasteiger partial charge on any atom is 0.222 e. The summed E-state index contributed by atoms with van der Waals surface area (Å²) in [6.07, 6.45) is 4.32. The van der Waals surface area contributed by atoms with Crippen molar-refractivity contribution < 1.29 is 4.79 Å². The summed E-state index contributed by atoms with van der Waals surface area (Å²) in [5, 5.41) is 0. The fourth-order valence-corrected chi connectivity index (χ4v) is 3.97. The Balaban J connectivity index is 1.75. The van der Waals surface area contributed by atoms with Gasteiger partial charge >= 0.3 is 0 Å². The summed E-state index contributed by atoms with van der Waals surface area (Å²) < 4.78 is 0. The molecule has 16 heavy (non-hydrogen) atoms. The molecule has 2 heterocycles. The Labute approximate surface area is 107 Å². The first-order chi connectivity index (χ1) is 7.79. The van der Waals surface area contributed by atoms with Crippen LogP contribution in [0.3, 0.4) is 0 Å². The summed E-state index contributed by atoms with van der Waals surface area (Å²) in [4.78, 5) is 14.1. The summed E-state index contributed by atoms with van der Waals surface area (Å²) >= 11 is 7.85. The number of carbonyl (C=O) groups excluding carboxylic acids is 1. The van der Waals surface area contributed by atoms with E-state index in [-0.39, 0.29) is 0 Å². The summed E-state index contributed by atoms with van der Waals surface area (Å²) in [6.45, 7) is 1.82. The predicted molar refractivity (Wildman–Crippen MR) is 70.1 cm³/mol. The van der Waals surface area contributed by atoms with Gasteiger partial charge in [-0.15, -0.1) is 11.6 Å². The van der Waals surface area contributed by atoms with Crippen LogP contribution in [0.15, 0.2) is 0 Å². The molecule has 0 spiro atoms. The lowest BCUT2D eigenvalue weighted by Crippen LogP contribution is -2.31. The highest BCUT2D eigenvalue weighted by atomic mass is 35.5. The van der Waals surface area contributed by atoms with E-state index in [1.807, 2.05) is 16.7 Å². The van der Waals surface area contributed by atoms with Gasteiger partial charge < -0.3 is 4.90 Å². The monoisotopic (exact) mass is 261 g/mol. The van der Waals surface area contributed by atoms with Gasteiger partial charge in [0.15, 0.2) is 0 Å². The molecule has 0 bridgehead atoms. The topological polar surface area (TPSA) is 20.3 Å². The molecule has 2 aliphatic rings. The van der Waals surface area contributed by atoms with E-state index < -0.39 is 0 Å². The lowest BCUT2D eigenvalue weighted by Gasteiger charge is -2.23. The first kappa shape index (κ1) is 12.6. The quantitative estimate of drug-likeness (QED) is 0.728. The van der Waals surface area contributed by atoms with Gasteiger partial charge in [0.2, 0.25) is 5.91 Å². The molecule has 2 rings (SSSR count). The number of alkyl halides is 1. The third-order valence-electron chi connectivity index (χ3n) is 3.66. The second kappa shape index (κ2) is 6.15. The minimum absolute atomic E-state index is 0.365. The molecule has 2 fully saturated rings. The van der Waals surface area contributed by atoms with Crippen LogP contribution in [0.4, 0.5) is 0 Å². The van der Waals surface area contributed by atoms with E-state index in [0.717, 1.165) is 25.9 Å². The normalized spacial score (nSPS) is 27.3. The Kier molecular flexibility index (Phi) is 4.83. The molecule has 1 amide bonds. The third-order valence-corrected chi connectivity index (χ3v) is 5.15. The highest BCUT2D eigenvalue weighted by molar-refractivity contribution is 7.99. The Hall–Kier alpha value is 0.110.